The third-order valence-corrected chi connectivity index (χ3v) is 3.83. The Morgan fingerprint density at radius 3 is 3.24 bits per heavy atom. The molecule has 2 rings (SSSR count). The molecular formula is C12H21N3OS. The van der Waals surface area contributed by atoms with E-state index < -0.39 is 0 Å². The van der Waals surface area contributed by atoms with Crippen molar-refractivity contribution in [2.75, 3.05) is 26.2 Å². The third-order valence-electron chi connectivity index (χ3n) is 3.06. The Bertz CT molecular complexity index is 316. The number of hydrogen-bond donors (Lipinski definition) is 1. The maximum Gasteiger partial charge on any atom is 0.0826 e. The first-order valence-electron chi connectivity index (χ1n) is 6.19. The predicted octanol–water partition coefficient (Wildman–Crippen LogP) is 1.34. The molecule has 17 heavy (non-hydrogen) atoms. The van der Waals surface area contributed by atoms with Gasteiger partial charge < -0.3 is 10.1 Å². The van der Waals surface area contributed by atoms with E-state index >= 15 is 0 Å². The van der Waals surface area contributed by atoms with Crippen molar-refractivity contribution in [2.24, 2.45) is 0 Å². The highest BCUT2D eigenvalue weighted by molar-refractivity contribution is 7.09. The molecule has 0 aromatic carbocycles. The first-order valence-corrected chi connectivity index (χ1v) is 7.07. The van der Waals surface area contributed by atoms with Gasteiger partial charge in [0.25, 0.3) is 0 Å². The highest BCUT2D eigenvalue weighted by atomic mass is 32.1. The zero-order valence-electron chi connectivity index (χ0n) is 10.6. The van der Waals surface area contributed by atoms with Crippen molar-refractivity contribution in [1.29, 1.82) is 0 Å². The van der Waals surface area contributed by atoms with Gasteiger partial charge in [-0.05, 0) is 13.8 Å². The second-order valence-corrected chi connectivity index (χ2v) is 5.65. The number of rotatable bonds is 5. The van der Waals surface area contributed by atoms with Crippen LogP contribution in [0.2, 0.25) is 0 Å². The molecule has 0 radical (unpaired) electrons. The Morgan fingerprint density at radius 2 is 2.53 bits per heavy atom. The Balaban J connectivity index is 1.68. The molecule has 5 heteroatoms. The van der Waals surface area contributed by atoms with E-state index in [0.29, 0.717) is 12.1 Å². The van der Waals surface area contributed by atoms with Gasteiger partial charge in [-0.1, -0.05) is 0 Å². The first kappa shape index (κ1) is 13.0. The maximum absolute atomic E-state index is 5.76. The van der Waals surface area contributed by atoms with Crippen LogP contribution < -0.4 is 5.32 Å². The highest BCUT2D eigenvalue weighted by Crippen LogP contribution is 2.09. The summed E-state index contributed by atoms with van der Waals surface area (Å²) in [6, 6.07) is 0.614. The summed E-state index contributed by atoms with van der Waals surface area (Å²) in [7, 11) is 0. The fourth-order valence-electron chi connectivity index (χ4n) is 2.02. The summed E-state index contributed by atoms with van der Waals surface area (Å²) >= 11 is 1.69. The summed E-state index contributed by atoms with van der Waals surface area (Å²) in [5.41, 5.74) is 1.87. The van der Waals surface area contributed by atoms with E-state index in [1.54, 1.807) is 11.3 Å². The standard InChI is InChI=1S/C12H21N3OS/c1-10(2)15-3-4-16-11(8-15)5-13-6-12-7-14-9-17-12/h7,9-11,13H,3-6,8H2,1-2H3. The largest absolute Gasteiger partial charge is 0.374 e. The molecule has 4 nitrogen and oxygen atoms in total. The fraction of sp³-hybridized carbons (Fsp3) is 0.750. The number of aromatic nitrogens is 1. The molecule has 1 N–H and O–H groups in total. The van der Waals surface area contributed by atoms with Crippen molar-refractivity contribution in [2.45, 2.75) is 32.5 Å². The van der Waals surface area contributed by atoms with Crippen LogP contribution in [0.5, 0.6) is 0 Å². The van der Waals surface area contributed by atoms with E-state index in [0.717, 1.165) is 32.8 Å². The maximum atomic E-state index is 5.76. The average molecular weight is 255 g/mol. The van der Waals surface area contributed by atoms with Crippen LogP contribution in [0, 0.1) is 0 Å². The lowest BCUT2D eigenvalue weighted by Gasteiger charge is -2.35. The van der Waals surface area contributed by atoms with Crippen LogP contribution in [0.4, 0.5) is 0 Å². The Labute approximate surface area is 107 Å². The number of thiazole rings is 1. The van der Waals surface area contributed by atoms with E-state index in [1.165, 1.54) is 4.88 Å². The molecule has 1 aliphatic rings. The normalized spacial score (nSPS) is 22.2. The SMILES string of the molecule is CC(C)N1CCOC(CNCc2cncs2)C1. The van der Waals surface area contributed by atoms with Gasteiger partial charge in [0, 0.05) is 43.3 Å². The third kappa shape index (κ3) is 4.03. The van der Waals surface area contributed by atoms with Gasteiger partial charge in [-0.25, -0.2) is 0 Å². The van der Waals surface area contributed by atoms with Crippen LogP contribution in [0.25, 0.3) is 0 Å². The Kier molecular flexibility index (Phi) is 4.91. The second-order valence-electron chi connectivity index (χ2n) is 4.68. The Hall–Kier alpha value is -0.490. The van der Waals surface area contributed by atoms with Gasteiger partial charge in [-0.15, -0.1) is 11.3 Å². The Morgan fingerprint density at radius 1 is 1.65 bits per heavy atom. The van der Waals surface area contributed by atoms with E-state index in [4.69, 9.17) is 4.74 Å². The lowest BCUT2D eigenvalue weighted by molar-refractivity contribution is -0.0372. The molecule has 0 spiro atoms. The van der Waals surface area contributed by atoms with Crippen molar-refractivity contribution in [3.8, 4) is 0 Å². The summed E-state index contributed by atoms with van der Waals surface area (Å²) in [5, 5.41) is 3.44. The average Bonchev–Trinajstić information content (AvgIpc) is 2.82. The van der Waals surface area contributed by atoms with Gasteiger partial charge >= 0.3 is 0 Å². The highest BCUT2D eigenvalue weighted by Gasteiger charge is 2.21. The molecule has 1 aromatic heterocycles. The quantitative estimate of drug-likeness (QED) is 0.861. The number of hydrogen-bond acceptors (Lipinski definition) is 5. The van der Waals surface area contributed by atoms with Gasteiger partial charge in [0.1, 0.15) is 0 Å². The van der Waals surface area contributed by atoms with Crippen molar-refractivity contribution in [1.82, 2.24) is 15.2 Å². The van der Waals surface area contributed by atoms with Gasteiger partial charge in [0.2, 0.25) is 0 Å². The lowest BCUT2D eigenvalue weighted by atomic mass is 10.2. The molecule has 0 amide bonds. The molecule has 1 atom stereocenters. The van der Waals surface area contributed by atoms with Crippen LogP contribution in [0.15, 0.2) is 11.7 Å². The molecule has 96 valence electrons. The van der Waals surface area contributed by atoms with Crippen molar-refractivity contribution in [3.63, 3.8) is 0 Å². The molecule has 1 fully saturated rings. The van der Waals surface area contributed by atoms with Crippen molar-refractivity contribution in [3.05, 3.63) is 16.6 Å². The van der Waals surface area contributed by atoms with Crippen LogP contribution in [0.3, 0.4) is 0 Å². The number of nitrogens with zero attached hydrogens (tertiary/aromatic N) is 2. The number of nitrogens with one attached hydrogen (secondary N) is 1. The summed E-state index contributed by atoms with van der Waals surface area (Å²) in [5.74, 6) is 0. The number of morpholine rings is 1. The van der Waals surface area contributed by atoms with E-state index in [2.05, 4.69) is 29.0 Å². The van der Waals surface area contributed by atoms with Gasteiger partial charge in [0.05, 0.1) is 18.2 Å². The predicted molar refractivity (Wildman–Crippen MR) is 70.3 cm³/mol. The smallest absolute Gasteiger partial charge is 0.0826 e. The van der Waals surface area contributed by atoms with E-state index in [1.807, 2.05) is 11.7 Å². The summed E-state index contributed by atoms with van der Waals surface area (Å²) in [4.78, 5) is 7.82. The molecule has 1 saturated heterocycles. The molecule has 0 saturated carbocycles. The number of ether oxygens (including phenoxy) is 1. The summed E-state index contributed by atoms with van der Waals surface area (Å²) < 4.78 is 5.76. The lowest BCUT2D eigenvalue weighted by Crippen LogP contribution is -2.48. The first-order chi connectivity index (χ1) is 8.25. The molecule has 0 bridgehead atoms. The zero-order valence-corrected chi connectivity index (χ0v) is 11.4. The molecule has 1 aromatic rings. The van der Waals surface area contributed by atoms with Crippen LogP contribution in [-0.4, -0.2) is 48.3 Å². The van der Waals surface area contributed by atoms with Crippen molar-refractivity contribution < 1.29 is 4.74 Å². The molecule has 1 unspecified atom stereocenters. The molecule has 1 aliphatic heterocycles. The van der Waals surface area contributed by atoms with E-state index in [-0.39, 0.29) is 0 Å². The zero-order chi connectivity index (χ0) is 12.1. The van der Waals surface area contributed by atoms with E-state index in [9.17, 15) is 0 Å². The minimum atomic E-state index is 0.319. The van der Waals surface area contributed by atoms with Crippen LogP contribution in [0.1, 0.15) is 18.7 Å². The van der Waals surface area contributed by atoms with Crippen LogP contribution >= 0.6 is 11.3 Å². The topological polar surface area (TPSA) is 37.4 Å². The monoisotopic (exact) mass is 255 g/mol. The van der Waals surface area contributed by atoms with Gasteiger partial charge in [0.15, 0.2) is 0 Å². The van der Waals surface area contributed by atoms with Crippen LogP contribution in [-0.2, 0) is 11.3 Å². The minimum Gasteiger partial charge on any atom is -0.374 e. The van der Waals surface area contributed by atoms with Crippen molar-refractivity contribution >= 4 is 11.3 Å². The molecular weight excluding hydrogens is 234 g/mol. The van der Waals surface area contributed by atoms with Gasteiger partial charge in [-0.3, -0.25) is 9.88 Å². The van der Waals surface area contributed by atoms with Gasteiger partial charge in [-0.2, -0.15) is 0 Å². The summed E-state index contributed by atoms with van der Waals surface area (Å²) in [6.07, 6.45) is 2.24. The minimum absolute atomic E-state index is 0.319. The summed E-state index contributed by atoms with van der Waals surface area (Å²) in [6.45, 7) is 9.25. The molecule has 2 heterocycles. The second kappa shape index (κ2) is 6.44. The fourth-order valence-corrected chi connectivity index (χ4v) is 2.58. The molecule has 0 aliphatic carbocycles.